The summed E-state index contributed by atoms with van der Waals surface area (Å²) in [7, 11) is 0. The summed E-state index contributed by atoms with van der Waals surface area (Å²) in [5.41, 5.74) is 0. The van der Waals surface area contributed by atoms with Crippen LogP contribution in [0.5, 0.6) is 0 Å². The summed E-state index contributed by atoms with van der Waals surface area (Å²) in [5, 5.41) is 8.96. The molecule has 0 saturated carbocycles. The second-order valence-corrected chi connectivity index (χ2v) is 5.88. The van der Waals surface area contributed by atoms with Gasteiger partial charge < -0.3 is 14.9 Å². The number of rotatable bonds is 4. The first-order valence-corrected chi connectivity index (χ1v) is 7.86. The lowest BCUT2D eigenvalue weighted by molar-refractivity contribution is -0.149. The molecule has 2 rings (SSSR count). The van der Waals surface area contributed by atoms with E-state index >= 15 is 0 Å². The average Bonchev–Trinajstić information content (AvgIpc) is 2.93. The molecular formula is C15H24N2O4. The number of piperidine rings is 1. The molecule has 2 aliphatic heterocycles. The van der Waals surface area contributed by atoms with Crippen molar-refractivity contribution in [3.63, 3.8) is 0 Å². The monoisotopic (exact) mass is 296 g/mol. The van der Waals surface area contributed by atoms with Crippen molar-refractivity contribution in [2.24, 2.45) is 0 Å². The van der Waals surface area contributed by atoms with Crippen LogP contribution in [0.2, 0.25) is 0 Å². The van der Waals surface area contributed by atoms with Crippen molar-refractivity contribution < 1.29 is 19.5 Å². The number of nitrogens with zero attached hydrogens (tertiary/aromatic N) is 2. The van der Waals surface area contributed by atoms with E-state index in [4.69, 9.17) is 5.11 Å². The van der Waals surface area contributed by atoms with Gasteiger partial charge >= 0.3 is 5.97 Å². The number of carboxylic acids is 1. The first-order valence-electron chi connectivity index (χ1n) is 7.86. The SMILES string of the molecule is CCC(=O)N1CCCCC1C(=O)N1CCCC1CC(=O)O. The molecule has 2 saturated heterocycles. The topological polar surface area (TPSA) is 77.9 Å². The van der Waals surface area contributed by atoms with Gasteiger partial charge in [0.05, 0.1) is 6.42 Å². The summed E-state index contributed by atoms with van der Waals surface area (Å²) in [6.07, 6.45) is 4.57. The summed E-state index contributed by atoms with van der Waals surface area (Å²) in [4.78, 5) is 39.1. The minimum absolute atomic E-state index is 0.000183. The number of amides is 2. The molecule has 1 N–H and O–H groups in total. The van der Waals surface area contributed by atoms with Crippen molar-refractivity contribution in [1.82, 2.24) is 9.80 Å². The Morgan fingerprint density at radius 1 is 1.05 bits per heavy atom. The summed E-state index contributed by atoms with van der Waals surface area (Å²) < 4.78 is 0. The Labute approximate surface area is 125 Å². The van der Waals surface area contributed by atoms with E-state index in [-0.39, 0.29) is 30.3 Å². The van der Waals surface area contributed by atoms with Gasteiger partial charge in [0.25, 0.3) is 0 Å². The molecule has 6 nitrogen and oxygen atoms in total. The maximum Gasteiger partial charge on any atom is 0.305 e. The minimum Gasteiger partial charge on any atom is -0.481 e. The Kier molecular flexibility index (Phi) is 5.20. The first-order chi connectivity index (χ1) is 10.0. The lowest BCUT2D eigenvalue weighted by Gasteiger charge is -2.38. The van der Waals surface area contributed by atoms with E-state index in [2.05, 4.69) is 0 Å². The Hall–Kier alpha value is -1.59. The number of hydrogen-bond acceptors (Lipinski definition) is 3. The molecule has 6 heteroatoms. The van der Waals surface area contributed by atoms with Gasteiger partial charge in [-0.1, -0.05) is 6.92 Å². The quantitative estimate of drug-likeness (QED) is 0.846. The van der Waals surface area contributed by atoms with Crippen LogP contribution in [-0.4, -0.2) is 57.9 Å². The van der Waals surface area contributed by atoms with Gasteiger partial charge in [0.1, 0.15) is 6.04 Å². The van der Waals surface area contributed by atoms with Gasteiger partial charge in [-0.3, -0.25) is 14.4 Å². The number of carbonyl (C=O) groups is 3. The number of hydrogen-bond donors (Lipinski definition) is 1. The molecule has 118 valence electrons. The predicted molar refractivity (Wildman–Crippen MR) is 76.6 cm³/mol. The zero-order valence-corrected chi connectivity index (χ0v) is 12.6. The number of likely N-dealkylation sites (tertiary alicyclic amines) is 2. The summed E-state index contributed by atoms with van der Waals surface area (Å²) >= 11 is 0. The van der Waals surface area contributed by atoms with Crippen molar-refractivity contribution >= 4 is 17.8 Å². The molecule has 2 unspecified atom stereocenters. The van der Waals surface area contributed by atoms with Crippen LogP contribution in [0, 0.1) is 0 Å². The minimum atomic E-state index is -0.871. The van der Waals surface area contributed by atoms with Gasteiger partial charge in [-0.25, -0.2) is 0 Å². The van der Waals surface area contributed by atoms with Gasteiger partial charge in [0, 0.05) is 25.6 Å². The Balaban J connectivity index is 2.09. The predicted octanol–water partition coefficient (Wildman–Crippen LogP) is 1.24. The highest BCUT2D eigenvalue weighted by Gasteiger charge is 2.38. The first kappa shape index (κ1) is 15.8. The van der Waals surface area contributed by atoms with E-state index in [9.17, 15) is 14.4 Å². The molecule has 2 heterocycles. The zero-order valence-electron chi connectivity index (χ0n) is 12.6. The zero-order chi connectivity index (χ0) is 15.4. The van der Waals surface area contributed by atoms with E-state index in [0.717, 1.165) is 25.7 Å². The molecule has 0 aromatic rings. The highest BCUT2D eigenvalue weighted by molar-refractivity contribution is 5.88. The van der Waals surface area contributed by atoms with Gasteiger partial charge in [0.15, 0.2) is 0 Å². The Bertz CT molecular complexity index is 424. The largest absolute Gasteiger partial charge is 0.481 e. The molecule has 0 aliphatic carbocycles. The normalized spacial score (nSPS) is 26.0. The van der Waals surface area contributed by atoms with Gasteiger partial charge in [-0.05, 0) is 32.1 Å². The molecule has 0 radical (unpaired) electrons. The van der Waals surface area contributed by atoms with E-state index < -0.39 is 5.97 Å². The second-order valence-electron chi connectivity index (χ2n) is 5.88. The third-order valence-corrected chi connectivity index (χ3v) is 4.48. The molecule has 2 fully saturated rings. The maximum atomic E-state index is 12.8. The van der Waals surface area contributed by atoms with E-state index in [1.54, 1.807) is 9.80 Å². The van der Waals surface area contributed by atoms with Crippen LogP contribution >= 0.6 is 0 Å². The van der Waals surface area contributed by atoms with Crippen LogP contribution in [-0.2, 0) is 14.4 Å². The van der Waals surface area contributed by atoms with Gasteiger partial charge in [-0.2, -0.15) is 0 Å². The summed E-state index contributed by atoms with van der Waals surface area (Å²) in [6.45, 7) is 3.06. The molecule has 0 spiro atoms. The number of carbonyl (C=O) groups excluding carboxylic acids is 2. The average molecular weight is 296 g/mol. The highest BCUT2D eigenvalue weighted by Crippen LogP contribution is 2.26. The number of aliphatic carboxylic acids is 1. The molecule has 21 heavy (non-hydrogen) atoms. The van der Waals surface area contributed by atoms with Gasteiger partial charge in [0.2, 0.25) is 11.8 Å². The fourth-order valence-corrected chi connectivity index (χ4v) is 3.42. The molecule has 2 aliphatic rings. The van der Waals surface area contributed by atoms with Crippen LogP contribution < -0.4 is 0 Å². The molecule has 0 aromatic heterocycles. The highest BCUT2D eigenvalue weighted by atomic mass is 16.4. The van der Waals surface area contributed by atoms with Crippen LogP contribution in [0.15, 0.2) is 0 Å². The second kappa shape index (κ2) is 6.91. The van der Waals surface area contributed by atoms with Crippen LogP contribution in [0.1, 0.15) is 51.9 Å². The number of carboxylic acid groups (broad SMARTS) is 1. The molecule has 0 aromatic carbocycles. The maximum absolute atomic E-state index is 12.8. The molecule has 0 bridgehead atoms. The van der Waals surface area contributed by atoms with Crippen molar-refractivity contribution in [3.05, 3.63) is 0 Å². The lowest BCUT2D eigenvalue weighted by Crippen LogP contribution is -2.54. The van der Waals surface area contributed by atoms with Crippen molar-refractivity contribution in [1.29, 1.82) is 0 Å². The van der Waals surface area contributed by atoms with E-state index in [1.807, 2.05) is 6.92 Å². The third-order valence-electron chi connectivity index (χ3n) is 4.48. The fourth-order valence-electron chi connectivity index (χ4n) is 3.42. The van der Waals surface area contributed by atoms with Crippen LogP contribution in [0.3, 0.4) is 0 Å². The van der Waals surface area contributed by atoms with Crippen molar-refractivity contribution in [3.8, 4) is 0 Å². The standard InChI is InChI=1S/C15H24N2O4/c1-2-13(18)17-8-4-3-7-12(17)15(21)16-9-5-6-11(16)10-14(19)20/h11-12H,2-10H2,1H3,(H,19,20). The Morgan fingerprint density at radius 3 is 2.43 bits per heavy atom. The van der Waals surface area contributed by atoms with E-state index in [1.165, 1.54) is 0 Å². The molecule has 2 amide bonds. The van der Waals surface area contributed by atoms with Crippen molar-refractivity contribution in [2.45, 2.75) is 64.0 Å². The van der Waals surface area contributed by atoms with Crippen molar-refractivity contribution in [2.75, 3.05) is 13.1 Å². The van der Waals surface area contributed by atoms with Gasteiger partial charge in [-0.15, -0.1) is 0 Å². The Morgan fingerprint density at radius 2 is 1.76 bits per heavy atom. The fraction of sp³-hybridized carbons (Fsp3) is 0.800. The smallest absolute Gasteiger partial charge is 0.305 e. The molecule has 2 atom stereocenters. The summed E-state index contributed by atoms with van der Waals surface area (Å²) in [5.74, 6) is -0.910. The third kappa shape index (κ3) is 3.54. The van der Waals surface area contributed by atoms with E-state index in [0.29, 0.717) is 25.9 Å². The lowest BCUT2D eigenvalue weighted by atomic mass is 9.99. The van der Waals surface area contributed by atoms with Crippen LogP contribution in [0.4, 0.5) is 0 Å². The molecular weight excluding hydrogens is 272 g/mol. The summed E-state index contributed by atoms with van der Waals surface area (Å²) in [6, 6.07) is -0.601. The van der Waals surface area contributed by atoms with Crippen LogP contribution in [0.25, 0.3) is 0 Å².